The Bertz CT molecular complexity index is 864. The lowest BCUT2D eigenvalue weighted by molar-refractivity contribution is -0.113. The molecular formula is C18H17ClN4OS. The second-order valence-corrected chi connectivity index (χ2v) is 6.74. The monoisotopic (exact) mass is 372 g/mol. The molecule has 3 aromatic rings. The van der Waals surface area contributed by atoms with Crippen LogP contribution in [0, 0.1) is 0 Å². The van der Waals surface area contributed by atoms with Crippen LogP contribution in [-0.2, 0) is 11.2 Å². The number of rotatable bonds is 6. The fourth-order valence-corrected chi connectivity index (χ4v) is 2.97. The Balaban J connectivity index is 1.56. The lowest BCUT2D eigenvalue weighted by Gasteiger charge is -2.05. The first kappa shape index (κ1) is 17.5. The van der Waals surface area contributed by atoms with Gasteiger partial charge in [0.1, 0.15) is 0 Å². The van der Waals surface area contributed by atoms with Crippen molar-refractivity contribution >= 4 is 35.0 Å². The summed E-state index contributed by atoms with van der Waals surface area (Å²) in [4.78, 5) is 16.5. The van der Waals surface area contributed by atoms with Crippen LogP contribution in [0.5, 0.6) is 0 Å². The molecule has 25 heavy (non-hydrogen) atoms. The number of hydrogen-bond donors (Lipinski definition) is 2. The number of nitrogens with one attached hydrogen (secondary N) is 2. The SMILES string of the molecule is CCc1cccc(NC(=O)CSc2n[nH]c(-c3ccc(Cl)cc3)n2)c1. The molecule has 5 nitrogen and oxygen atoms in total. The van der Waals surface area contributed by atoms with Crippen molar-refractivity contribution < 1.29 is 4.79 Å². The molecule has 0 spiro atoms. The summed E-state index contributed by atoms with van der Waals surface area (Å²) >= 11 is 7.16. The lowest BCUT2D eigenvalue weighted by atomic mass is 10.1. The van der Waals surface area contributed by atoms with Gasteiger partial charge in [0.2, 0.25) is 11.1 Å². The number of carbonyl (C=O) groups is 1. The molecule has 128 valence electrons. The Kier molecular flexibility index (Phi) is 5.73. The van der Waals surface area contributed by atoms with E-state index in [1.807, 2.05) is 36.4 Å². The molecule has 0 fully saturated rings. The van der Waals surface area contributed by atoms with Crippen LogP contribution in [0.25, 0.3) is 11.4 Å². The average Bonchev–Trinajstić information content (AvgIpc) is 3.10. The van der Waals surface area contributed by atoms with Crippen LogP contribution in [0.15, 0.2) is 53.7 Å². The minimum absolute atomic E-state index is 0.0869. The van der Waals surface area contributed by atoms with Gasteiger partial charge in [-0.05, 0) is 48.4 Å². The standard InChI is InChI=1S/C18H17ClN4OS/c1-2-12-4-3-5-15(10-12)20-16(24)11-25-18-21-17(22-23-18)13-6-8-14(19)9-7-13/h3-10H,2,11H2,1H3,(H,20,24)(H,21,22,23). The fraction of sp³-hybridized carbons (Fsp3) is 0.167. The molecule has 1 aromatic heterocycles. The molecule has 0 unspecified atom stereocenters. The maximum absolute atomic E-state index is 12.1. The predicted molar refractivity (Wildman–Crippen MR) is 102 cm³/mol. The Morgan fingerprint density at radius 3 is 2.80 bits per heavy atom. The smallest absolute Gasteiger partial charge is 0.234 e. The summed E-state index contributed by atoms with van der Waals surface area (Å²) in [6.07, 6.45) is 0.934. The minimum atomic E-state index is -0.0869. The zero-order chi connectivity index (χ0) is 17.6. The molecule has 1 amide bonds. The topological polar surface area (TPSA) is 70.7 Å². The summed E-state index contributed by atoms with van der Waals surface area (Å²) in [6, 6.07) is 15.2. The number of hydrogen-bond acceptors (Lipinski definition) is 4. The van der Waals surface area contributed by atoms with Crippen LogP contribution in [0.2, 0.25) is 5.02 Å². The highest BCUT2D eigenvalue weighted by Gasteiger charge is 2.09. The van der Waals surface area contributed by atoms with E-state index in [4.69, 9.17) is 11.6 Å². The van der Waals surface area contributed by atoms with E-state index in [0.29, 0.717) is 16.0 Å². The quantitative estimate of drug-likeness (QED) is 0.628. The number of anilines is 1. The Morgan fingerprint density at radius 2 is 2.04 bits per heavy atom. The second-order valence-electron chi connectivity index (χ2n) is 5.36. The molecule has 0 bridgehead atoms. The number of aryl methyl sites for hydroxylation is 1. The molecule has 1 heterocycles. The Morgan fingerprint density at radius 1 is 1.24 bits per heavy atom. The number of nitrogens with zero attached hydrogens (tertiary/aromatic N) is 2. The molecule has 0 saturated carbocycles. The summed E-state index contributed by atoms with van der Waals surface area (Å²) in [7, 11) is 0. The van der Waals surface area contributed by atoms with Gasteiger partial charge >= 0.3 is 0 Å². The fourth-order valence-electron chi connectivity index (χ4n) is 2.24. The number of H-pyrrole nitrogens is 1. The normalized spacial score (nSPS) is 10.6. The van der Waals surface area contributed by atoms with Gasteiger partial charge in [-0.3, -0.25) is 9.89 Å². The molecule has 3 rings (SSSR count). The maximum Gasteiger partial charge on any atom is 0.234 e. The molecular weight excluding hydrogens is 356 g/mol. The Labute approximate surface area is 155 Å². The van der Waals surface area contributed by atoms with Crippen LogP contribution in [0.3, 0.4) is 0 Å². The van der Waals surface area contributed by atoms with Gasteiger partial charge in [-0.1, -0.05) is 42.4 Å². The second kappa shape index (κ2) is 8.18. The molecule has 0 atom stereocenters. The number of halogens is 1. The van der Waals surface area contributed by atoms with E-state index in [0.717, 1.165) is 17.7 Å². The molecule has 0 radical (unpaired) electrons. The molecule has 0 saturated heterocycles. The predicted octanol–water partition coefficient (Wildman–Crippen LogP) is 4.42. The number of benzene rings is 2. The zero-order valence-corrected chi connectivity index (χ0v) is 15.2. The summed E-state index contributed by atoms with van der Waals surface area (Å²) in [5.41, 5.74) is 2.89. The largest absolute Gasteiger partial charge is 0.325 e. The van der Waals surface area contributed by atoms with Gasteiger partial charge in [-0.2, -0.15) is 0 Å². The van der Waals surface area contributed by atoms with Gasteiger partial charge in [-0.15, -0.1) is 5.10 Å². The number of amides is 1. The first-order chi connectivity index (χ1) is 12.1. The Hall–Kier alpha value is -2.31. The number of carbonyl (C=O) groups excluding carboxylic acids is 1. The van der Waals surface area contributed by atoms with Gasteiger partial charge in [0.15, 0.2) is 5.82 Å². The van der Waals surface area contributed by atoms with E-state index in [-0.39, 0.29) is 11.7 Å². The van der Waals surface area contributed by atoms with E-state index < -0.39 is 0 Å². The van der Waals surface area contributed by atoms with Gasteiger partial charge in [0.25, 0.3) is 0 Å². The van der Waals surface area contributed by atoms with Crippen LogP contribution >= 0.6 is 23.4 Å². The van der Waals surface area contributed by atoms with Gasteiger partial charge in [0, 0.05) is 16.3 Å². The van der Waals surface area contributed by atoms with Gasteiger partial charge in [-0.25, -0.2) is 4.98 Å². The van der Waals surface area contributed by atoms with Crippen molar-refractivity contribution in [2.24, 2.45) is 0 Å². The summed E-state index contributed by atoms with van der Waals surface area (Å²) in [5, 5.41) is 11.1. The van der Waals surface area contributed by atoms with Crippen molar-refractivity contribution in [1.29, 1.82) is 0 Å². The first-order valence-electron chi connectivity index (χ1n) is 7.84. The minimum Gasteiger partial charge on any atom is -0.325 e. The van der Waals surface area contributed by atoms with Crippen molar-refractivity contribution in [2.75, 3.05) is 11.1 Å². The molecule has 2 aromatic carbocycles. The highest BCUT2D eigenvalue weighted by atomic mass is 35.5. The molecule has 0 aliphatic carbocycles. The molecule has 7 heteroatoms. The third-order valence-electron chi connectivity index (χ3n) is 3.53. The summed E-state index contributed by atoms with van der Waals surface area (Å²) in [6.45, 7) is 2.08. The lowest BCUT2D eigenvalue weighted by Crippen LogP contribution is -2.14. The highest BCUT2D eigenvalue weighted by Crippen LogP contribution is 2.21. The highest BCUT2D eigenvalue weighted by molar-refractivity contribution is 7.99. The van der Waals surface area contributed by atoms with Gasteiger partial charge in [0.05, 0.1) is 5.75 Å². The third kappa shape index (κ3) is 4.84. The summed E-state index contributed by atoms with van der Waals surface area (Å²) < 4.78 is 0. The number of aromatic nitrogens is 3. The van der Waals surface area contributed by atoms with Crippen LogP contribution in [0.1, 0.15) is 12.5 Å². The molecule has 0 aliphatic rings. The van der Waals surface area contributed by atoms with Gasteiger partial charge < -0.3 is 5.32 Å². The maximum atomic E-state index is 12.1. The molecule has 2 N–H and O–H groups in total. The van der Waals surface area contributed by atoms with E-state index >= 15 is 0 Å². The van der Waals surface area contributed by atoms with E-state index in [1.54, 1.807) is 12.1 Å². The van der Waals surface area contributed by atoms with Crippen molar-refractivity contribution in [1.82, 2.24) is 15.2 Å². The first-order valence-corrected chi connectivity index (χ1v) is 9.20. The molecule has 0 aliphatic heterocycles. The average molecular weight is 373 g/mol. The van der Waals surface area contributed by atoms with Crippen molar-refractivity contribution in [3.05, 3.63) is 59.1 Å². The van der Waals surface area contributed by atoms with E-state index in [9.17, 15) is 4.79 Å². The van der Waals surface area contributed by atoms with Crippen LogP contribution in [-0.4, -0.2) is 26.8 Å². The zero-order valence-electron chi connectivity index (χ0n) is 13.6. The van der Waals surface area contributed by atoms with Crippen LogP contribution < -0.4 is 5.32 Å². The van der Waals surface area contributed by atoms with E-state index in [2.05, 4.69) is 27.4 Å². The summed E-state index contributed by atoms with van der Waals surface area (Å²) in [5.74, 6) is 0.806. The van der Waals surface area contributed by atoms with Crippen molar-refractivity contribution in [3.8, 4) is 11.4 Å². The number of thioether (sulfide) groups is 1. The van der Waals surface area contributed by atoms with Crippen molar-refractivity contribution in [3.63, 3.8) is 0 Å². The van der Waals surface area contributed by atoms with E-state index in [1.165, 1.54) is 17.3 Å². The number of aromatic amines is 1. The van der Waals surface area contributed by atoms with Crippen molar-refractivity contribution in [2.45, 2.75) is 18.5 Å². The van der Waals surface area contributed by atoms with Crippen LogP contribution in [0.4, 0.5) is 5.69 Å². The third-order valence-corrected chi connectivity index (χ3v) is 4.63.